The predicted molar refractivity (Wildman–Crippen MR) is 88.3 cm³/mol. The highest BCUT2D eigenvalue weighted by atomic mass is 16.3. The van der Waals surface area contributed by atoms with Gasteiger partial charge >= 0.3 is 0 Å². The topological polar surface area (TPSA) is 54.4 Å². The number of carbonyl (C=O) groups is 2. The fourth-order valence-electron chi connectivity index (χ4n) is 2.91. The van der Waals surface area contributed by atoms with Gasteiger partial charge in [0, 0.05) is 22.3 Å². The number of allylic oxidation sites excluding steroid dienone is 3. The minimum atomic E-state index is -1.40. The van der Waals surface area contributed by atoms with Crippen molar-refractivity contribution < 1.29 is 14.7 Å². The molecule has 2 aromatic rings. The largest absolute Gasteiger partial charge is 0.377 e. The van der Waals surface area contributed by atoms with E-state index in [1.807, 2.05) is 0 Å². The summed E-state index contributed by atoms with van der Waals surface area (Å²) < 4.78 is 0. The number of hydrogen-bond acceptors (Lipinski definition) is 3. The first kappa shape index (κ1) is 15.1. The molecule has 23 heavy (non-hydrogen) atoms. The number of benzene rings is 2. The SMILES string of the molecule is CC(=C/C=O)/C=C/C1(O)c2ccccc2C(=O)c2ccccc21. The molecule has 0 saturated heterocycles. The minimum absolute atomic E-state index is 0.0885. The Morgan fingerprint density at radius 2 is 1.52 bits per heavy atom. The van der Waals surface area contributed by atoms with Crippen molar-refractivity contribution >= 4 is 12.1 Å². The van der Waals surface area contributed by atoms with Crippen molar-refractivity contribution in [2.24, 2.45) is 0 Å². The second-order valence-corrected chi connectivity index (χ2v) is 5.57. The fourth-order valence-corrected chi connectivity index (χ4v) is 2.91. The molecule has 2 aromatic carbocycles. The Balaban J connectivity index is 2.24. The zero-order valence-electron chi connectivity index (χ0n) is 12.7. The van der Waals surface area contributed by atoms with Crippen molar-refractivity contribution in [1.29, 1.82) is 0 Å². The van der Waals surface area contributed by atoms with Crippen LogP contribution < -0.4 is 0 Å². The number of aliphatic hydroxyl groups is 1. The van der Waals surface area contributed by atoms with E-state index in [1.54, 1.807) is 67.6 Å². The van der Waals surface area contributed by atoms with Crippen molar-refractivity contribution in [2.75, 3.05) is 0 Å². The van der Waals surface area contributed by atoms with E-state index >= 15 is 0 Å². The van der Waals surface area contributed by atoms with Crippen LogP contribution in [0, 0.1) is 0 Å². The molecule has 3 heteroatoms. The van der Waals surface area contributed by atoms with E-state index in [4.69, 9.17) is 0 Å². The molecule has 0 radical (unpaired) electrons. The number of hydrogen-bond donors (Lipinski definition) is 1. The number of carbonyl (C=O) groups excluding carboxylic acids is 2. The summed E-state index contributed by atoms with van der Waals surface area (Å²) in [6.07, 6.45) is 5.45. The minimum Gasteiger partial charge on any atom is -0.377 e. The summed E-state index contributed by atoms with van der Waals surface area (Å²) in [5.41, 5.74) is 1.42. The first-order valence-electron chi connectivity index (χ1n) is 7.35. The van der Waals surface area contributed by atoms with Gasteiger partial charge in [-0.05, 0) is 24.6 Å². The van der Waals surface area contributed by atoms with Crippen LogP contribution >= 0.6 is 0 Å². The molecule has 0 amide bonds. The zero-order chi connectivity index (χ0) is 16.4. The average molecular weight is 304 g/mol. The molecule has 1 N–H and O–H groups in total. The molecule has 3 nitrogen and oxygen atoms in total. The number of fused-ring (bicyclic) bond motifs is 2. The van der Waals surface area contributed by atoms with E-state index in [-0.39, 0.29) is 5.78 Å². The Bertz CT molecular complexity index is 794. The highest BCUT2D eigenvalue weighted by Crippen LogP contribution is 2.40. The molecule has 0 heterocycles. The van der Waals surface area contributed by atoms with Crippen LogP contribution in [0.1, 0.15) is 34.0 Å². The molecule has 114 valence electrons. The van der Waals surface area contributed by atoms with Crippen LogP contribution in [-0.2, 0) is 10.4 Å². The Morgan fingerprint density at radius 1 is 1.00 bits per heavy atom. The Kier molecular flexibility index (Phi) is 3.80. The first-order chi connectivity index (χ1) is 11.1. The monoisotopic (exact) mass is 304 g/mol. The summed E-state index contributed by atoms with van der Waals surface area (Å²) in [6, 6.07) is 14.1. The maximum Gasteiger partial charge on any atom is 0.193 e. The van der Waals surface area contributed by atoms with Gasteiger partial charge in [0.1, 0.15) is 11.9 Å². The third-order valence-corrected chi connectivity index (χ3v) is 4.08. The van der Waals surface area contributed by atoms with E-state index < -0.39 is 5.60 Å². The lowest BCUT2D eigenvalue weighted by atomic mass is 9.74. The molecule has 0 fully saturated rings. The predicted octanol–water partition coefficient (Wildman–Crippen LogP) is 3.17. The summed E-state index contributed by atoms with van der Waals surface area (Å²) in [6.45, 7) is 1.78. The van der Waals surface area contributed by atoms with Gasteiger partial charge in [0.25, 0.3) is 0 Å². The highest BCUT2D eigenvalue weighted by molar-refractivity contribution is 6.13. The van der Waals surface area contributed by atoms with Crippen molar-refractivity contribution in [2.45, 2.75) is 12.5 Å². The van der Waals surface area contributed by atoms with Gasteiger partial charge in [-0.15, -0.1) is 0 Å². The second kappa shape index (κ2) is 5.78. The third kappa shape index (κ3) is 2.45. The van der Waals surface area contributed by atoms with Crippen molar-refractivity contribution in [3.63, 3.8) is 0 Å². The molecule has 0 aromatic heterocycles. The maximum absolute atomic E-state index is 12.6. The molecular weight excluding hydrogens is 288 g/mol. The van der Waals surface area contributed by atoms with Crippen LogP contribution in [0.2, 0.25) is 0 Å². The van der Waals surface area contributed by atoms with Crippen LogP contribution in [0.25, 0.3) is 0 Å². The highest BCUT2D eigenvalue weighted by Gasteiger charge is 2.39. The summed E-state index contributed by atoms with van der Waals surface area (Å²) in [7, 11) is 0. The van der Waals surface area contributed by atoms with Gasteiger partial charge in [-0.1, -0.05) is 54.6 Å². The number of ketones is 1. The summed E-state index contributed by atoms with van der Waals surface area (Å²) in [5, 5.41) is 11.4. The number of aldehydes is 1. The molecule has 0 spiro atoms. The standard InChI is InChI=1S/C20H16O3/c1-14(11-13-21)10-12-20(23)17-8-4-2-6-15(17)19(22)16-7-3-5-9-18(16)20/h2-13,23H,1H3/b12-10+,14-11-. The molecule has 1 aliphatic rings. The van der Waals surface area contributed by atoms with Crippen molar-refractivity contribution in [3.8, 4) is 0 Å². The quantitative estimate of drug-likeness (QED) is 0.538. The summed E-state index contributed by atoms with van der Waals surface area (Å²) >= 11 is 0. The van der Waals surface area contributed by atoms with E-state index in [0.29, 0.717) is 28.5 Å². The molecule has 0 atom stereocenters. The van der Waals surface area contributed by atoms with E-state index in [1.165, 1.54) is 6.08 Å². The molecular formula is C20H16O3. The van der Waals surface area contributed by atoms with Crippen LogP contribution in [0.3, 0.4) is 0 Å². The van der Waals surface area contributed by atoms with Gasteiger partial charge in [0.05, 0.1) is 0 Å². The molecule has 0 aliphatic heterocycles. The molecule has 0 unspecified atom stereocenters. The van der Waals surface area contributed by atoms with E-state index in [0.717, 1.165) is 5.57 Å². The van der Waals surface area contributed by atoms with Crippen molar-refractivity contribution in [3.05, 3.63) is 94.6 Å². The van der Waals surface area contributed by atoms with Gasteiger partial charge in [-0.3, -0.25) is 9.59 Å². The average Bonchev–Trinajstić information content (AvgIpc) is 2.59. The van der Waals surface area contributed by atoms with Crippen LogP contribution in [0.5, 0.6) is 0 Å². The smallest absolute Gasteiger partial charge is 0.193 e. The number of rotatable bonds is 3. The van der Waals surface area contributed by atoms with E-state index in [2.05, 4.69) is 0 Å². The maximum atomic E-state index is 12.6. The lowest BCUT2D eigenvalue weighted by molar-refractivity contribution is -0.104. The van der Waals surface area contributed by atoms with Crippen molar-refractivity contribution in [1.82, 2.24) is 0 Å². The normalized spacial score (nSPS) is 16.1. The fraction of sp³-hybridized carbons (Fsp3) is 0.100. The summed E-state index contributed by atoms with van der Waals surface area (Å²) in [4.78, 5) is 23.2. The summed E-state index contributed by atoms with van der Waals surface area (Å²) in [5.74, 6) is -0.0885. The molecule has 0 bridgehead atoms. The first-order valence-corrected chi connectivity index (χ1v) is 7.35. The Hall–Kier alpha value is -2.78. The van der Waals surface area contributed by atoms with Gasteiger partial charge in [-0.25, -0.2) is 0 Å². The van der Waals surface area contributed by atoms with Crippen LogP contribution in [0.15, 0.2) is 72.3 Å². The van der Waals surface area contributed by atoms with E-state index in [9.17, 15) is 14.7 Å². The second-order valence-electron chi connectivity index (χ2n) is 5.57. The van der Waals surface area contributed by atoms with Gasteiger partial charge in [-0.2, -0.15) is 0 Å². The zero-order valence-corrected chi connectivity index (χ0v) is 12.7. The Morgan fingerprint density at radius 3 is 2.04 bits per heavy atom. The molecule has 0 saturated carbocycles. The lowest BCUT2D eigenvalue weighted by Crippen LogP contribution is -2.33. The Labute approximate surface area is 134 Å². The van der Waals surface area contributed by atoms with Crippen LogP contribution in [0.4, 0.5) is 0 Å². The molecule has 1 aliphatic carbocycles. The van der Waals surface area contributed by atoms with Gasteiger partial charge in [0.2, 0.25) is 0 Å². The molecule has 3 rings (SSSR count). The van der Waals surface area contributed by atoms with Gasteiger partial charge in [0.15, 0.2) is 5.78 Å². The van der Waals surface area contributed by atoms with Gasteiger partial charge < -0.3 is 5.11 Å². The lowest BCUT2D eigenvalue weighted by Gasteiger charge is -2.33. The van der Waals surface area contributed by atoms with Crippen LogP contribution in [-0.4, -0.2) is 17.2 Å². The third-order valence-electron chi connectivity index (χ3n) is 4.08.